The lowest BCUT2D eigenvalue weighted by molar-refractivity contribution is -0.140. The van der Waals surface area contributed by atoms with Crippen LogP contribution < -0.4 is 32.9 Å². The summed E-state index contributed by atoms with van der Waals surface area (Å²) in [5.41, 5.74) is 5.65. The van der Waals surface area contributed by atoms with Crippen LogP contribution in [0, 0.1) is 5.92 Å². The second kappa shape index (κ2) is 22.4. The highest BCUT2D eigenvalue weighted by molar-refractivity contribution is 7.46. The van der Waals surface area contributed by atoms with Crippen LogP contribution in [0.25, 0.3) is 0 Å². The molecule has 1 aromatic rings. The summed E-state index contributed by atoms with van der Waals surface area (Å²) in [7, 11) is -3.60. The lowest BCUT2D eigenvalue weighted by Crippen LogP contribution is -2.61. The van der Waals surface area contributed by atoms with Crippen LogP contribution in [-0.2, 0) is 58.6 Å². The molecule has 23 nitrogen and oxygen atoms in total. The first-order valence-corrected chi connectivity index (χ1v) is 18.5. The van der Waals surface area contributed by atoms with Gasteiger partial charge in [-0.15, -0.1) is 0 Å². The van der Waals surface area contributed by atoms with Crippen LogP contribution in [0.15, 0.2) is 12.5 Å². The van der Waals surface area contributed by atoms with Crippen molar-refractivity contribution in [2.24, 2.45) is 17.5 Å². The number of phosphoric ester groups is 1. The van der Waals surface area contributed by atoms with Crippen molar-refractivity contribution in [3.05, 3.63) is 18.2 Å². The Kier molecular flexibility index (Phi) is 19.1. The number of nitrogens with zero attached hydrogens (tertiary/aromatic N) is 2. The van der Waals surface area contributed by atoms with Gasteiger partial charge in [0.05, 0.1) is 51.4 Å². The maximum Gasteiger partial charge on any atom is 0.469 e. The molecule has 0 saturated carbocycles. The van der Waals surface area contributed by atoms with Gasteiger partial charge in [-0.3, -0.25) is 38.1 Å². The molecule has 0 aromatic carbocycles. The summed E-state index contributed by atoms with van der Waals surface area (Å²) >= 11 is 0. The number of methoxy groups -OCH3 is 1. The van der Waals surface area contributed by atoms with E-state index in [-0.39, 0.29) is 51.4 Å². The molecule has 306 valence electrons. The molecule has 2 heterocycles. The number of nitrogens with one attached hydrogen (secondary N) is 5. The summed E-state index contributed by atoms with van der Waals surface area (Å²) in [5.74, 6) is -0.0285. The van der Waals surface area contributed by atoms with E-state index in [0.29, 0.717) is 12.3 Å². The van der Waals surface area contributed by atoms with E-state index in [9.17, 15) is 38.4 Å². The van der Waals surface area contributed by atoms with Crippen molar-refractivity contribution >= 4 is 43.3 Å². The summed E-state index contributed by atoms with van der Waals surface area (Å²) in [4.78, 5) is 110. The second-order valence-corrected chi connectivity index (χ2v) is 14.1. The van der Waals surface area contributed by atoms with Gasteiger partial charge in [-0.1, -0.05) is 13.8 Å². The van der Waals surface area contributed by atoms with Gasteiger partial charge < -0.3 is 61.3 Å². The van der Waals surface area contributed by atoms with Crippen molar-refractivity contribution in [2.75, 3.05) is 40.1 Å². The average Bonchev–Trinajstić information content (AvgIpc) is 3.78. The summed E-state index contributed by atoms with van der Waals surface area (Å²) in [6.07, 6.45) is 0.324. The van der Waals surface area contributed by atoms with Crippen molar-refractivity contribution in [1.82, 2.24) is 36.1 Å². The van der Waals surface area contributed by atoms with E-state index < -0.39 is 92.3 Å². The SMILES string of the molecule is COCCOCCC(=O)N1C[C@@H](ON)C[C@H]1C(=O)N[C@@H](CC(C)C)C(=O)N[C@@H](Cc1cnc[nH]1)C(=O)N[C@@H](CO)C(=O)N[C@H](C(N)=O)C(C)OP(=O)(O)O. The number of rotatable bonds is 24. The zero-order valence-corrected chi connectivity index (χ0v) is 31.4. The zero-order chi connectivity index (χ0) is 40.6. The minimum atomic E-state index is -5.11. The molecule has 54 heavy (non-hydrogen) atoms. The quantitative estimate of drug-likeness (QED) is 0.0270. The van der Waals surface area contributed by atoms with E-state index in [0.717, 1.165) is 6.92 Å². The molecule has 1 aromatic heterocycles. The summed E-state index contributed by atoms with van der Waals surface area (Å²) in [6, 6.07) is -7.23. The number of nitrogens with two attached hydrogens (primary N) is 2. The van der Waals surface area contributed by atoms with Gasteiger partial charge in [-0.05, 0) is 19.3 Å². The maximum absolute atomic E-state index is 13.8. The highest BCUT2D eigenvalue weighted by Gasteiger charge is 2.41. The molecule has 1 unspecified atom stereocenters. The molecule has 0 aliphatic carbocycles. The fourth-order valence-electron chi connectivity index (χ4n) is 5.45. The molecular formula is C30H52N9O14P. The number of carbonyl (C=O) groups excluding carboxylic acids is 6. The number of likely N-dealkylation sites (tertiary alicyclic amines) is 1. The Morgan fingerprint density at radius 2 is 1.65 bits per heavy atom. The van der Waals surface area contributed by atoms with Gasteiger partial charge in [-0.25, -0.2) is 15.4 Å². The first-order valence-electron chi connectivity index (χ1n) is 16.9. The number of hydrogen-bond acceptors (Lipinski definition) is 14. The number of carbonyl (C=O) groups is 6. The first-order chi connectivity index (χ1) is 25.4. The average molecular weight is 794 g/mol. The number of ether oxygens (including phenoxy) is 2. The molecular weight excluding hydrogens is 741 g/mol. The summed E-state index contributed by atoms with van der Waals surface area (Å²) < 4.78 is 26.0. The standard InChI is InChI=1S/C30H52N9O14P/c1-16(2)9-20(36-30(46)23-11-19(52-32)13-39(23)24(41)5-6-51-8-7-50-4)27(43)35-21(10-18-12-33-15-34-18)28(44)37-22(14-40)29(45)38-25(26(31)42)17(3)53-54(47,48)49/h12,15-17,19-23,25,40H,5-11,13-14,32H2,1-4H3,(H2,31,42)(H,33,34)(H,35,43)(H,36,46)(H,37,44)(H,38,45)(H2,47,48,49)/t17?,19-,20-,21-,22-,23-,25-/m0/s1. The molecule has 7 atom stereocenters. The topological polar surface area (TPSA) is 349 Å². The Balaban J connectivity index is 2.24. The monoisotopic (exact) mass is 793 g/mol. The Morgan fingerprint density at radius 1 is 1.00 bits per heavy atom. The Hall–Kier alpha value is -4.06. The summed E-state index contributed by atoms with van der Waals surface area (Å²) in [5, 5.41) is 19.6. The molecule has 0 bridgehead atoms. The second-order valence-electron chi connectivity index (χ2n) is 12.9. The Bertz CT molecular complexity index is 1450. The van der Waals surface area contributed by atoms with Gasteiger partial charge in [0.1, 0.15) is 30.2 Å². The van der Waals surface area contributed by atoms with Gasteiger partial charge in [0.15, 0.2) is 0 Å². The normalized spacial score (nSPS) is 18.6. The predicted octanol–water partition coefficient (Wildman–Crippen LogP) is -4.17. The number of aromatic amines is 1. The molecule has 0 radical (unpaired) electrons. The van der Waals surface area contributed by atoms with Crippen molar-refractivity contribution in [2.45, 2.75) is 88.9 Å². The van der Waals surface area contributed by atoms with E-state index in [1.165, 1.54) is 24.5 Å². The first kappa shape index (κ1) is 46.1. The molecule has 2 rings (SSSR count). The number of phosphoric acid groups is 1. The van der Waals surface area contributed by atoms with Gasteiger partial charge in [-0.2, -0.15) is 0 Å². The fourth-order valence-corrected chi connectivity index (χ4v) is 6.01. The third-order valence-corrected chi connectivity index (χ3v) is 8.72. The molecule has 0 spiro atoms. The number of aromatic nitrogens is 2. The van der Waals surface area contributed by atoms with Crippen LogP contribution in [0.4, 0.5) is 0 Å². The van der Waals surface area contributed by atoms with Gasteiger partial charge in [0.2, 0.25) is 35.4 Å². The number of aliphatic hydroxyl groups is 1. The Morgan fingerprint density at radius 3 is 2.20 bits per heavy atom. The van der Waals surface area contributed by atoms with E-state index in [2.05, 4.69) is 35.8 Å². The maximum atomic E-state index is 13.8. The third kappa shape index (κ3) is 15.4. The number of primary amides is 1. The molecule has 24 heteroatoms. The van der Waals surface area contributed by atoms with Crippen molar-refractivity contribution in [3.63, 3.8) is 0 Å². The van der Waals surface area contributed by atoms with Gasteiger partial charge in [0, 0.05) is 38.4 Å². The smallest absolute Gasteiger partial charge is 0.394 e. The fraction of sp³-hybridized carbons (Fsp3) is 0.700. The molecule has 1 fully saturated rings. The Labute approximate surface area is 311 Å². The van der Waals surface area contributed by atoms with Crippen LogP contribution >= 0.6 is 7.82 Å². The molecule has 12 N–H and O–H groups in total. The highest BCUT2D eigenvalue weighted by atomic mass is 31.2. The minimum absolute atomic E-state index is 0.0222. The minimum Gasteiger partial charge on any atom is -0.394 e. The summed E-state index contributed by atoms with van der Waals surface area (Å²) in [6.45, 7) is 4.33. The van der Waals surface area contributed by atoms with Crippen LogP contribution in [0.1, 0.15) is 45.7 Å². The predicted molar refractivity (Wildman–Crippen MR) is 185 cm³/mol. The molecule has 6 amide bonds. The molecule has 1 aliphatic rings. The third-order valence-electron chi connectivity index (χ3n) is 8.12. The van der Waals surface area contributed by atoms with Crippen LogP contribution in [0.2, 0.25) is 0 Å². The largest absolute Gasteiger partial charge is 0.469 e. The van der Waals surface area contributed by atoms with Crippen LogP contribution in [0.3, 0.4) is 0 Å². The van der Waals surface area contributed by atoms with E-state index in [4.69, 9.17) is 35.7 Å². The van der Waals surface area contributed by atoms with Crippen molar-refractivity contribution in [3.8, 4) is 0 Å². The zero-order valence-electron chi connectivity index (χ0n) is 30.5. The van der Waals surface area contributed by atoms with E-state index >= 15 is 0 Å². The number of aliphatic hydroxyl groups excluding tert-OH is 1. The van der Waals surface area contributed by atoms with Crippen LogP contribution in [-0.4, -0.2) is 148 Å². The van der Waals surface area contributed by atoms with Gasteiger partial charge >= 0.3 is 7.82 Å². The molecule has 1 aliphatic heterocycles. The van der Waals surface area contributed by atoms with Crippen molar-refractivity contribution < 1.29 is 67.1 Å². The van der Waals surface area contributed by atoms with Crippen LogP contribution in [0.5, 0.6) is 0 Å². The highest BCUT2D eigenvalue weighted by Crippen LogP contribution is 2.38. The lowest BCUT2D eigenvalue weighted by Gasteiger charge is -2.28. The number of imidazole rings is 1. The lowest BCUT2D eigenvalue weighted by atomic mass is 10.0. The molecule has 1 saturated heterocycles. The van der Waals surface area contributed by atoms with Gasteiger partial charge in [0.25, 0.3) is 0 Å². The number of hydrogen-bond donors (Lipinski definition) is 10. The number of H-pyrrole nitrogens is 1. The van der Waals surface area contributed by atoms with E-state index in [1.807, 2.05) is 0 Å². The van der Waals surface area contributed by atoms with Crippen molar-refractivity contribution in [1.29, 1.82) is 0 Å². The number of amides is 6. The van der Waals surface area contributed by atoms with E-state index in [1.54, 1.807) is 13.8 Å².